The van der Waals surface area contributed by atoms with E-state index in [2.05, 4.69) is 0 Å². The van der Waals surface area contributed by atoms with E-state index in [1.165, 1.54) is 0 Å². The minimum Gasteiger partial charge on any atom is -0.390 e. The first-order valence-electron chi connectivity index (χ1n) is 3.10. The predicted octanol–water partition coefficient (Wildman–Crippen LogP) is 0.125. The molecule has 0 spiro atoms. The van der Waals surface area contributed by atoms with Crippen molar-refractivity contribution in [3.05, 3.63) is 11.1 Å². The van der Waals surface area contributed by atoms with Gasteiger partial charge in [0.2, 0.25) is 5.91 Å². The van der Waals surface area contributed by atoms with E-state index in [4.69, 9.17) is 5.11 Å². The first-order valence-corrected chi connectivity index (χ1v) is 4.04. The number of thioether (sulfide) groups is 1. The number of amides is 1. The summed E-state index contributed by atoms with van der Waals surface area (Å²) in [5, 5.41) is 10.9. The van der Waals surface area contributed by atoms with E-state index in [0.29, 0.717) is 11.8 Å². The van der Waals surface area contributed by atoms with E-state index >= 15 is 0 Å². The molecule has 4 heteroatoms. The molecule has 0 aromatic heterocycles. The lowest BCUT2D eigenvalue weighted by atomic mass is 10.2. The lowest BCUT2D eigenvalue weighted by Gasteiger charge is -2.35. The van der Waals surface area contributed by atoms with E-state index in [1.54, 1.807) is 16.7 Å². The van der Waals surface area contributed by atoms with Gasteiger partial charge in [-0.05, 0) is 5.41 Å². The Morgan fingerprint density at radius 1 is 1.90 bits per heavy atom. The van der Waals surface area contributed by atoms with Crippen LogP contribution in [0.5, 0.6) is 0 Å². The number of carbonyl (C=O) groups excluding carboxylic acids is 1. The molecule has 1 N–H and O–H groups in total. The SMILES string of the molecule is O=C1CC2SC=C(CO)N12. The van der Waals surface area contributed by atoms with Gasteiger partial charge in [0.15, 0.2) is 0 Å². The van der Waals surface area contributed by atoms with Crippen LogP contribution in [0, 0.1) is 0 Å². The predicted molar refractivity (Wildman–Crippen MR) is 38.0 cm³/mol. The molecule has 54 valence electrons. The summed E-state index contributed by atoms with van der Waals surface area (Å²) < 4.78 is 0. The molecule has 0 aliphatic carbocycles. The van der Waals surface area contributed by atoms with Gasteiger partial charge in [0.1, 0.15) is 0 Å². The summed E-state index contributed by atoms with van der Waals surface area (Å²) in [6.45, 7) is -0.0186. The Morgan fingerprint density at radius 3 is 3.20 bits per heavy atom. The lowest BCUT2D eigenvalue weighted by molar-refractivity contribution is -0.138. The molecule has 2 aliphatic rings. The number of aliphatic hydroxyl groups excluding tert-OH is 1. The Kier molecular flexibility index (Phi) is 1.25. The molecule has 1 unspecified atom stereocenters. The van der Waals surface area contributed by atoms with Gasteiger partial charge in [-0.1, -0.05) is 0 Å². The fraction of sp³-hybridized carbons (Fsp3) is 0.500. The largest absolute Gasteiger partial charge is 0.390 e. The number of hydrogen-bond acceptors (Lipinski definition) is 3. The van der Waals surface area contributed by atoms with E-state index in [-0.39, 0.29) is 12.5 Å². The third-order valence-electron chi connectivity index (χ3n) is 1.74. The molecule has 2 heterocycles. The average Bonchev–Trinajstić information content (AvgIpc) is 2.25. The van der Waals surface area contributed by atoms with Crippen molar-refractivity contribution in [1.29, 1.82) is 0 Å². The Bertz CT molecular complexity index is 214. The molecule has 2 rings (SSSR count). The van der Waals surface area contributed by atoms with Gasteiger partial charge in [-0.15, -0.1) is 11.8 Å². The minimum absolute atomic E-state index is 0.0186. The summed E-state index contributed by atoms with van der Waals surface area (Å²) in [6.07, 6.45) is 0.630. The topological polar surface area (TPSA) is 40.5 Å². The average molecular weight is 157 g/mol. The highest BCUT2D eigenvalue weighted by Gasteiger charge is 2.41. The van der Waals surface area contributed by atoms with Gasteiger partial charge in [0, 0.05) is 0 Å². The quantitative estimate of drug-likeness (QED) is 0.550. The lowest BCUT2D eigenvalue weighted by Crippen LogP contribution is -2.47. The molecule has 0 bridgehead atoms. The zero-order valence-electron chi connectivity index (χ0n) is 5.28. The maximum absolute atomic E-state index is 10.8. The molecular weight excluding hydrogens is 150 g/mol. The van der Waals surface area contributed by atoms with Gasteiger partial charge in [0.05, 0.1) is 24.1 Å². The van der Waals surface area contributed by atoms with E-state index < -0.39 is 0 Å². The molecule has 1 saturated heterocycles. The van der Waals surface area contributed by atoms with Crippen LogP contribution in [0.25, 0.3) is 0 Å². The summed E-state index contributed by atoms with van der Waals surface area (Å²) in [7, 11) is 0. The van der Waals surface area contributed by atoms with E-state index in [9.17, 15) is 4.79 Å². The number of nitrogens with zero attached hydrogens (tertiary/aromatic N) is 1. The van der Waals surface area contributed by atoms with Gasteiger partial charge < -0.3 is 5.11 Å². The van der Waals surface area contributed by atoms with Crippen LogP contribution in [0.3, 0.4) is 0 Å². The van der Waals surface area contributed by atoms with Crippen LogP contribution in [0.2, 0.25) is 0 Å². The molecule has 0 aromatic rings. The van der Waals surface area contributed by atoms with Crippen molar-refractivity contribution in [3.63, 3.8) is 0 Å². The van der Waals surface area contributed by atoms with Gasteiger partial charge in [-0.25, -0.2) is 0 Å². The zero-order chi connectivity index (χ0) is 7.14. The van der Waals surface area contributed by atoms with Crippen LogP contribution < -0.4 is 0 Å². The Hall–Kier alpha value is -0.480. The van der Waals surface area contributed by atoms with Crippen LogP contribution in [0.1, 0.15) is 6.42 Å². The van der Waals surface area contributed by atoms with Crippen LogP contribution in [-0.2, 0) is 4.79 Å². The van der Waals surface area contributed by atoms with Gasteiger partial charge >= 0.3 is 0 Å². The fourth-order valence-corrected chi connectivity index (χ4v) is 2.28. The van der Waals surface area contributed by atoms with Crippen molar-refractivity contribution in [3.8, 4) is 0 Å². The second kappa shape index (κ2) is 2.00. The summed E-state index contributed by atoms with van der Waals surface area (Å²) >= 11 is 1.61. The van der Waals surface area contributed by atoms with Gasteiger partial charge in [-0.3, -0.25) is 9.69 Å². The van der Waals surface area contributed by atoms with Crippen molar-refractivity contribution in [1.82, 2.24) is 4.90 Å². The third-order valence-corrected chi connectivity index (χ3v) is 2.84. The van der Waals surface area contributed by atoms with Crippen LogP contribution in [-0.4, -0.2) is 27.9 Å². The standard InChI is InChI=1S/C6H7NO2S/c8-2-4-3-10-6-1-5(9)7(4)6/h3,6,8H,1-2H2. The van der Waals surface area contributed by atoms with E-state index in [1.807, 2.05) is 5.41 Å². The Morgan fingerprint density at radius 2 is 2.70 bits per heavy atom. The Balaban J connectivity index is 2.17. The number of β-lactam (4-membered cyclic amide) rings is 1. The molecule has 0 saturated carbocycles. The van der Waals surface area contributed by atoms with Crippen LogP contribution >= 0.6 is 11.8 Å². The first kappa shape index (κ1) is 6.24. The molecule has 1 amide bonds. The molecule has 2 aliphatic heterocycles. The van der Waals surface area contributed by atoms with Crippen molar-refractivity contribution < 1.29 is 9.90 Å². The smallest absolute Gasteiger partial charge is 0.230 e. The molecule has 0 aromatic carbocycles. The molecule has 10 heavy (non-hydrogen) atoms. The highest BCUT2D eigenvalue weighted by Crippen LogP contribution is 2.40. The number of rotatable bonds is 1. The summed E-state index contributed by atoms with van der Waals surface area (Å²) in [5.41, 5.74) is 0.756. The molecule has 0 radical (unpaired) electrons. The van der Waals surface area contributed by atoms with E-state index in [0.717, 1.165) is 5.70 Å². The number of carbonyl (C=O) groups is 1. The fourth-order valence-electron chi connectivity index (χ4n) is 1.17. The maximum Gasteiger partial charge on any atom is 0.230 e. The monoisotopic (exact) mass is 157 g/mol. The second-order valence-electron chi connectivity index (χ2n) is 2.33. The van der Waals surface area contributed by atoms with Crippen LogP contribution in [0.15, 0.2) is 11.1 Å². The third kappa shape index (κ3) is 0.630. The number of fused-ring (bicyclic) bond motifs is 1. The zero-order valence-corrected chi connectivity index (χ0v) is 6.10. The second-order valence-corrected chi connectivity index (χ2v) is 3.38. The van der Waals surface area contributed by atoms with Crippen LogP contribution in [0.4, 0.5) is 0 Å². The highest BCUT2D eigenvalue weighted by atomic mass is 32.2. The first-order chi connectivity index (χ1) is 4.83. The summed E-state index contributed by atoms with van der Waals surface area (Å²) in [5.74, 6) is 0.135. The maximum atomic E-state index is 10.8. The molecule has 3 nitrogen and oxygen atoms in total. The summed E-state index contributed by atoms with van der Waals surface area (Å²) in [6, 6.07) is 0. The molecular formula is C6H7NO2S. The van der Waals surface area contributed by atoms with Crippen molar-refractivity contribution in [2.75, 3.05) is 6.61 Å². The highest BCUT2D eigenvalue weighted by molar-refractivity contribution is 8.03. The van der Waals surface area contributed by atoms with Crippen molar-refractivity contribution >= 4 is 17.7 Å². The molecule has 1 atom stereocenters. The van der Waals surface area contributed by atoms with Crippen molar-refractivity contribution in [2.45, 2.75) is 11.8 Å². The number of aliphatic hydroxyl groups is 1. The van der Waals surface area contributed by atoms with Gasteiger partial charge in [0.25, 0.3) is 0 Å². The molecule has 1 fully saturated rings. The normalized spacial score (nSPS) is 29.7. The van der Waals surface area contributed by atoms with Crippen molar-refractivity contribution in [2.24, 2.45) is 0 Å². The minimum atomic E-state index is -0.0186. The number of hydrogen-bond donors (Lipinski definition) is 1. The summed E-state index contributed by atoms with van der Waals surface area (Å²) in [4.78, 5) is 12.5. The Labute approximate surface area is 62.7 Å². The van der Waals surface area contributed by atoms with Gasteiger partial charge in [-0.2, -0.15) is 0 Å².